The molecule has 2 rings (SSSR count). The Bertz CT molecular complexity index is 607. The number of rotatable bonds is 4. The van der Waals surface area contributed by atoms with Gasteiger partial charge in [0.05, 0.1) is 11.0 Å². The molecule has 0 N–H and O–H groups in total. The van der Waals surface area contributed by atoms with Crippen LogP contribution in [0.1, 0.15) is 24.2 Å². The first kappa shape index (κ1) is 15.0. The fourth-order valence-electron chi connectivity index (χ4n) is 2.24. The van der Waals surface area contributed by atoms with Gasteiger partial charge in [0.15, 0.2) is 9.84 Å². The molecule has 4 nitrogen and oxygen atoms in total. The Morgan fingerprint density at radius 2 is 2.05 bits per heavy atom. The van der Waals surface area contributed by atoms with Gasteiger partial charge in [-0.2, -0.15) is 0 Å². The van der Waals surface area contributed by atoms with E-state index in [-0.39, 0.29) is 36.2 Å². The van der Waals surface area contributed by atoms with E-state index in [1.54, 1.807) is 0 Å². The van der Waals surface area contributed by atoms with Crippen LogP contribution in [0.3, 0.4) is 0 Å². The van der Waals surface area contributed by atoms with E-state index < -0.39 is 20.9 Å². The van der Waals surface area contributed by atoms with Crippen molar-refractivity contribution in [1.82, 2.24) is 4.90 Å². The second-order valence-corrected chi connectivity index (χ2v) is 7.89. The molecule has 1 heterocycles. The summed E-state index contributed by atoms with van der Waals surface area (Å²) in [5.74, 6) is -0.576. The summed E-state index contributed by atoms with van der Waals surface area (Å²) in [6.45, 7) is 4.10. The number of carbonyl (C=O) groups excluding carboxylic acids is 1. The molecule has 20 heavy (non-hydrogen) atoms. The van der Waals surface area contributed by atoms with Crippen molar-refractivity contribution in [2.24, 2.45) is 5.92 Å². The molecule has 0 spiro atoms. The van der Waals surface area contributed by atoms with Crippen molar-refractivity contribution in [1.29, 1.82) is 0 Å². The fraction of sp³-hybridized carbons (Fsp3) is 0.500. The van der Waals surface area contributed by atoms with Gasteiger partial charge in [-0.25, -0.2) is 12.8 Å². The number of likely N-dealkylation sites (tertiary alicyclic amines) is 1. The Morgan fingerprint density at radius 3 is 2.60 bits per heavy atom. The molecular formula is C14H18FNO3S. The molecule has 0 atom stereocenters. The summed E-state index contributed by atoms with van der Waals surface area (Å²) in [4.78, 5) is 13.5. The maximum atomic E-state index is 13.1. The highest BCUT2D eigenvalue weighted by atomic mass is 32.2. The van der Waals surface area contributed by atoms with Gasteiger partial charge in [0.2, 0.25) is 0 Å². The van der Waals surface area contributed by atoms with Crippen molar-refractivity contribution in [3.63, 3.8) is 0 Å². The van der Waals surface area contributed by atoms with Gasteiger partial charge in [-0.1, -0.05) is 19.9 Å². The zero-order chi connectivity index (χ0) is 14.9. The highest BCUT2D eigenvalue weighted by molar-refractivity contribution is 7.92. The maximum absolute atomic E-state index is 13.1. The maximum Gasteiger partial charge on any atom is 0.254 e. The van der Waals surface area contributed by atoms with Crippen molar-refractivity contribution in [3.8, 4) is 0 Å². The Labute approximate surface area is 118 Å². The summed E-state index contributed by atoms with van der Waals surface area (Å²) >= 11 is 0. The molecule has 1 aromatic rings. The van der Waals surface area contributed by atoms with Gasteiger partial charge in [0.25, 0.3) is 5.91 Å². The molecule has 1 aliphatic heterocycles. The lowest BCUT2D eigenvalue weighted by Crippen LogP contribution is -2.57. The fourth-order valence-corrected chi connectivity index (χ4v) is 4.25. The average molecular weight is 299 g/mol. The Hall–Kier alpha value is -1.43. The van der Waals surface area contributed by atoms with Crippen LogP contribution >= 0.6 is 0 Å². The summed E-state index contributed by atoms with van der Waals surface area (Å²) in [6.07, 6.45) is 0. The smallest absolute Gasteiger partial charge is 0.254 e. The van der Waals surface area contributed by atoms with Gasteiger partial charge in [0.1, 0.15) is 5.82 Å². The summed E-state index contributed by atoms with van der Waals surface area (Å²) in [5.41, 5.74) is 0.254. The number of hydrogen-bond donors (Lipinski definition) is 0. The standard InChI is InChI=1S/C14H18FNO3S/c1-10(2)9-20(18,19)13-7-16(8-13)14(17)11-4-3-5-12(15)6-11/h3-6,10,13H,7-9H2,1-2H3. The van der Waals surface area contributed by atoms with E-state index in [4.69, 9.17) is 0 Å². The van der Waals surface area contributed by atoms with Crippen LogP contribution in [0.5, 0.6) is 0 Å². The number of amides is 1. The molecule has 0 unspecified atom stereocenters. The molecule has 1 aromatic carbocycles. The highest BCUT2D eigenvalue weighted by Gasteiger charge is 2.39. The lowest BCUT2D eigenvalue weighted by atomic mass is 10.1. The largest absolute Gasteiger partial charge is 0.336 e. The third-order valence-electron chi connectivity index (χ3n) is 3.28. The Kier molecular flexibility index (Phi) is 4.13. The number of carbonyl (C=O) groups is 1. The van der Waals surface area contributed by atoms with Crippen LogP contribution in [-0.2, 0) is 9.84 Å². The van der Waals surface area contributed by atoms with Crippen LogP contribution in [0.2, 0.25) is 0 Å². The van der Waals surface area contributed by atoms with Crippen molar-refractivity contribution < 1.29 is 17.6 Å². The van der Waals surface area contributed by atoms with Gasteiger partial charge in [-0.3, -0.25) is 4.79 Å². The van der Waals surface area contributed by atoms with Crippen LogP contribution in [-0.4, -0.2) is 43.3 Å². The number of hydrogen-bond acceptors (Lipinski definition) is 3. The van der Waals surface area contributed by atoms with Crippen molar-refractivity contribution >= 4 is 15.7 Å². The van der Waals surface area contributed by atoms with E-state index in [0.717, 1.165) is 6.07 Å². The minimum atomic E-state index is -3.15. The minimum Gasteiger partial charge on any atom is -0.336 e. The number of sulfone groups is 1. The first-order valence-corrected chi connectivity index (χ1v) is 8.27. The molecule has 110 valence electrons. The van der Waals surface area contributed by atoms with Crippen molar-refractivity contribution in [2.45, 2.75) is 19.1 Å². The van der Waals surface area contributed by atoms with Gasteiger partial charge in [-0.05, 0) is 24.1 Å². The van der Waals surface area contributed by atoms with Crippen LogP contribution in [0.15, 0.2) is 24.3 Å². The number of halogens is 1. The van der Waals surface area contributed by atoms with E-state index >= 15 is 0 Å². The summed E-state index contributed by atoms with van der Waals surface area (Å²) in [6, 6.07) is 5.43. The molecule has 6 heteroatoms. The average Bonchev–Trinajstić information content (AvgIpc) is 2.24. The first-order chi connectivity index (χ1) is 9.29. The monoisotopic (exact) mass is 299 g/mol. The molecule has 0 radical (unpaired) electrons. The summed E-state index contributed by atoms with van der Waals surface area (Å²) < 4.78 is 37.0. The number of benzene rings is 1. The molecule has 0 aliphatic carbocycles. The van der Waals surface area contributed by atoms with Crippen molar-refractivity contribution in [3.05, 3.63) is 35.6 Å². The first-order valence-electron chi connectivity index (χ1n) is 6.56. The molecule has 1 aliphatic rings. The Morgan fingerprint density at radius 1 is 1.40 bits per heavy atom. The van der Waals surface area contributed by atoms with E-state index in [9.17, 15) is 17.6 Å². The molecule has 1 amide bonds. The van der Waals surface area contributed by atoms with Crippen LogP contribution in [0.4, 0.5) is 4.39 Å². The van der Waals surface area contributed by atoms with Crippen LogP contribution < -0.4 is 0 Å². The zero-order valence-electron chi connectivity index (χ0n) is 11.5. The zero-order valence-corrected chi connectivity index (χ0v) is 12.4. The second kappa shape index (κ2) is 5.52. The Balaban J connectivity index is 1.98. The van der Waals surface area contributed by atoms with Crippen LogP contribution in [0.25, 0.3) is 0 Å². The molecular weight excluding hydrogens is 281 g/mol. The van der Waals surface area contributed by atoms with Gasteiger partial charge < -0.3 is 4.90 Å². The predicted molar refractivity (Wildman–Crippen MR) is 74.7 cm³/mol. The molecule has 0 aromatic heterocycles. The minimum absolute atomic E-state index is 0.0768. The SMILES string of the molecule is CC(C)CS(=O)(=O)C1CN(C(=O)c2cccc(F)c2)C1. The summed E-state index contributed by atoms with van der Waals surface area (Å²) in [5, 5.41) is -0.484. The van der Waals surface area contributed by atoms with Gasteiger partial charge in [0, 0.05) is 18.7 Å². The second-order valence-electron chi connectivity index (χ2n) is 5.57. The topological polar surface area (TPSA) is 54.5 Å². The van der Waals surface area contributed by atoms with E-state index in [1.807, 2.05) is 13.8 Å². The quantitative estimate of drug-likeness (QED) is 0.850. The van der Waals surface area contributed by atoms with Gasteiger partial charge in [-0.15, -0.1) is 0 Å². The predicted octanol–water partition coefficient (Wildman–Crippen LogP) is 1.72. The van der Waals surface area contributed by atoms with Gasteiger partial charge >= 0.3 is 0 Å². The van der Waals surface area contributed by atoms with Crippen molar-refractivity contribution in [2.75, 3.05) is 18.8 Å². The van der Waals surface area contributed by atoms with E-state index in [1.165, 1.54) is 23.1 Å². The molecule has 0 saturated carbocycles. The third kappa shape index (κ3) is 3.17. The molecule has 0 bridgehead atoms. The lowest BCUT2D eigenvalue weighted by molar-refractivity contribution is 0.0658. The number of nitrogens with zero attached hydrogens (tertiary/aromatic N) is 1. The summed E-state index contributed by atoms with van der Waals surface area (Å²) in [7, 11) is -3.15. The lowest BCUT2D eigenvalue weighted by Gasteiger charge is -2.39. The highest BCUT2D eigenvalue weighted by Crippen LogP contribution is 2.21. The third-order valence-corrected chi connectivity index (χ3v) is 5.73. The normalized spacial score (nSPS) is 16.3. The van der Waals surface area contributed by atoms with Crippen LogP contribution in [0, 0.1) is 11.7 Å². The van der Waals surface area contributed by atoms with E-state index in [2.05, 4.69) is 0 Å². The molecule has 1 saturated heterocycles. The van der Waals surface area contributed by atoms with E-state index in [0.29, 0.717) is 0 Å². The molecule has 1 fully saturated rings.